The second-order valence-electron chi connectivity index (χ2n) is 9.23. The van der Waals surface area contributed by atoms with Crippen LogP contribution in [0.25, 0.3) is 10.8 Å². The third-order valence-corrected chi connectivity index (χ3v) is 6.76. The highest BCUT2D eigenvalue weighted by Gasteiger charge is 2.30. The zero-order valence-electron chi connectivity index (χ0n) is 21.3. The number of benzene rings is 3. The summed E-state index contributed by atoms with van der Waals surface area (Å²) in [5, 5.41) is 5.97. The molecule has 0 saturated heterocycles. The minimum Gasteiger partial charge on any atom is -0.489 e. The number of fused-ring (bicyclic) bond motifs is 2. The van der Waals surface area contributed by atoms with Gasteiger partial charge in [0.2, 0.25) is 0 Å². The van der Waals surface area contributed by atoms with Crippen LogP contribution >= 0.6 is 0 Å². The van der Waals surface area contributed by atoms with E-state index in [9.17, 15) is 13.6 Å². The molecule has 3 aromatic rings. The maximum Gasteiger partial charge on any atom is 0.343 e. The average molecular weight is 504 g/mol. The third kappa shape index (κ3) is 5.81. The van der Waals surface area contributed by atoms with Crippen LogP contribution < -0.4 is 10.1 Å². The fraction of sp³-hybridized carbons (Fsp3) is 0.258. The molecule has 1 aliphatic rings. The summed E-state index contributed by atoms with van der Waals surface area (Å²) in [5.41, 5.74) is 1.76. The van der Waals surface area contributed by atoms with Crippen molar-refractivity contribution in [2.75, 3.05) is 13.7 Å². The number of carbonyl (C=O) groups excluding carboxylic acids is 1. The number of hydrogen-bond donors (Lipinski definition) is 1. The molecule has 0 radical (unpaired) electrons. The van der Waals surface area contributed by atoms with Gasteiger partial charge in [-0.3, -0.25) is 0 Å². The van der Waals surface area contributed by atoms with Crippen molar-refractivity contribution in [1.29, 1.82) is 0 Å². The Morgan fingerprint density at radius 2 is 1.84 bits per heavy atom. The van der Waals surface area contributed by atoms with E-state index in [0.29, 0.717) is 24.3 Å². The molecule has 4 rings (SSSR count). The van der Waals surface area contributed by atoms with E-state index in [0.717, 1.165) is 25.7 Å². The lowest BCUT2D eigenvalue weighted by Crippen LogP contribution is -2.37. The van der Waals surface area contributed by atoms with Crippen molar-refractivity contribution >= 4 is 16.7 Å². The maximum atomic E-state index is 15.0. The zero-order chi connectivity index (χ0) is 26.5. The molecule has 1 N–H and O–H groups in total. The van der Waals surface area contributed by atoms with Crippen molar-refractivity contribution in [2.24, 2.45) is 0 Å². The first-order chi connectivity index (χ1) is 17.8. The summed E-state index contributed by atoms with van der Waals surface area (Å²) in [6, 6.07) is 22.2. The van der Waals surface area contributed by atoms with Crippen LogP contribution in [0.5, 0.6) is 5.75 Å². The van der Waals surface area contributed by atoms with Gasteiger partial charge in [0.25, 0.3) is 0 Å². The molecule has 6 heteroatoms. The van der Waals surface area contributed by atoms with E-state index in [-0.39, 0.29) is 18.1 Å². The average Bonchev–Trinajstić information content (AvgIpc) is 2.90. The Hall–Kier alpha value is -3.77. The molecular formula is C31H31F2NO3. The van der Waals surface area contributed by atoms with Crippen LogP contribution in [-0.2, 0) is 9.53 Å². The van der Waals surface area contributed by atoms with E-state index < -0.39 is 23.2 Å². The van der Waals surface area contributed by atoms with Gasteiger partial charge in [0.1, 0.15) is 29.1 Å². The van der Waals surface area contributed by atoms with Crippen LogP contribution in [0.15, 0.2) is 102 Å². The Morgan fingerprint density at radius 1 is 1.14 bits per heavy atom. The van der Waals surface area contributed by atoms with E-state index in [1.54, 1.807) is 0 Å². The van der Waals surface area contributed by atoms with Crippen molar-refractivity contribution in [2.45, 2.75) is 38.3 Å². The van der Waals surface area contributed by atoms with Gasteiger partial charge >= 0.3 is 5.97 Å². The Balaban J connectivity index is 1.54. The molecule has 0 bridgehead atoms. The number of nitrogens with one attached hydrogen (secondary N) is 1. The van der Waals surface area contributed by atoms with E-state index in [2.05, 4.69) is 53.9 Å². The zero-order valence-corrected chi connectivity index (χ0v) is 21.3. The summed E-state index contributed by atoms with van der Waals surface area (Å²) in [4.78, 5) is 11.9. The molecule has 0 aromatic heterocycles. The molecule has 37 heavy (non-hydrogen) atoms. The molecule has 0 saturated carbocycles. The van der Waals surface area contributed by atoms with Gasteiger partial charge in [-0.1, -0.05) is 67.2 Å². The Kier molecular flexibility index (Phi) is 8.19. The van der Waals surface area contributed by atoms with E-state index in [4.69, 9.17) is 4.74 Å². The Labute approximate surface area is 216 Å². The highest BCUT2D eigenvalue weighted by Crippen LogP contribution is 2.41. The Morgan fingerprint density at radius 3 is 2.59 bits per heavy atom. The van der Waals surface area contributed by atoms with E-state index in [1.807, 2.05) is 36.4 Å². The highest BCUT2D eigenvalue weighted by atomic mass is 19.1. The molecule has 0 amide bonds. The number of para-hydroxylation sites is 1. The van der Waals surface area contributed by atoms with Gasteiger partial charge in [-0.25, -0.2) is 13.6 Å². The highest BCUT2D eigenvalue weighted by molar-refractivity contribution is 5.93. The predicted octanol–water partition coefficient (Wildman–Crippen LogP) is 7.25. The molecule has 4 nitrogen and oxygen atoms in total. The first-order valence-corrected chi connectivity index (χ1v) is 12.3. The number of ether oxygens (including phenoxy) is 2. The quantitative estimate of drug-likeness (QED) is 0.200. The van der Waals surface area contributed by atoms with Crippen LogP contribution in [0.2, 0.25) is 0 Å². The van der Waals surface area contributed by atoms with Gasteiger partial charge in [-0.15, -0.1) is 0 Å². The van der Waals surface area contributed by atoms with Gasteiger partial charge in [-0.05, 0) is 54.3 Å². The van der Waals surface area contributed by atoms with Gasteiger partial charge in [0.05, 0.1) is 7.11 Å². The van der Waals surface area contributed by atoms with Crippen molar-refractivity contribution in [1.82, 2.24) is 5.32 Å². The normalized spacial score (nSPS) is 18.9. The molecule has 3 atom stereocenters. The summed E-state index contributed by atoms with van der Waals surface area (Å²) in [6.45, 7) is 7.76. The monoisotopic (exact) mass is 503 g/mol. The minimum atomic E-state index is -1.07. The summed E-state index contributed by atoms with van der Waals surface area (Å²) < 4.78 is 39.7. The van der Waals surface area contributed by atoms with Crippen LogP contribution in [0.1, 0.15) is 43.4 Å². The number of methoxy groups -OCH3 is 1. The second kappa shape index (κ2) is 11.5. The van der Waals surface area contributed by atoms with Gasteiger partial charge in [0, 0.05) is 24.1 Å². The molecule has 192 valence electrons. The number of allylic oxidation sites excluding steroid dienone is 3. The summed E-state index contributed by atoms with van der Waals surface area (Å²) in [7, 11) is 1.08. The third-order valence-electron chi connectivity index (χ3n) is 6.76. The lowest BCUT2D eigenvalue weighted by molar-refractivity contribution is -0.136. The van der Waals surface area contributed by atoms with Crippen molar-refractivity contribution in [3.8, 4) is 5.75 Å². The topological polar surface area (TPSA) is 47.6 Å². The second-order valence-corrected chi connectivity index (χ2v) is 9.23. The van der Waals surface area contributed by atoms with E-state index in [1.165, 1.54) is 16.3 Å². The first-order valence-electron chi connectivity index (χ1n) is 12.3. The first kappa shape index (κ1) is 26.3. The summed E-state index contributed by atoms with van der Waals surface area (Å²) in [6.07, 6.45) is 1.45. The molecule has 0 unspecified atom stereocenters. The SMILES string of the molecule is C=C(/C=C(F)\C(C(=O)OC)=C(/C)F)[C@@H]1C[C@H](CN[C@H](C)c2cccc3ccccc23)Oc2ccccc21. The van der Waals surface area contributed by atoms with Crippen molar-refractivity contribution in [3.05, 3.63) is 113 Å². The van der Waals surface area contributed by atoms with E-state index >= 15 is 0 Å². The summed E-state index contributed by atoms with van der Waals surface area (Å²) in [5.74, 6) is -2.61. The Bertz CT molecular complexity index is 1370. The standard InChI is InChI=1S/C31H31F2NO3/c1-19(16-28(33)30(20(2)32)31(35)36-4)27-17-23(37-29-15-8-7-13-26(27)29)18-34-21(3)24-14-9-11-22-10-5-6-12-25(22)24/h5-16,21,23,27,34H,1,17-18H2,2-4H3/b28-16+,30-20-/t21-,23-,27+/m1/s1. The maximum absolute atomic E-state index is 15.0. The van der Waals surface area contributed by atoms with Gasteiger partial charge in [-0.2, -0.15) is 0 Å². The number of esters is 1. The molecule has 1 aliphatic heterocycles. The van der Waals surface area contributed by atoms with Crippen LogP contribution in [-0.4, -0.2) is 25.7 Å². The molecule has 0 aliphatic carbocycles. The fourth-order valence-electron chi connectivity index (χ4n) is 4.86. The smallest absolute Gasteiger partial charge is 0.343 e. The predicted molar refractivity (Wildman–Crippen MR) is 143 cm³/mol. The van der Waals surface area contributed by atoms with Crippen LogP contribution in [0, 0.1) is 0 Å². The minimum absolute atomic E-state index is 0.0751. The molecule has 0 fully saturated rings. The number of carbonyl (C=O) groups is 1. The number of hydrogen-bond acceptors (Lipinski definition) is 4. The lowest BCUT2D eigenvalue weighted by Gasteiger charge is -2.33. The lowest BCUT2D eigenvalue weighted by atomic mass is 9.84. The molecule has 3 aromatic carbocycles. The van der Waals surface area contributed by atoms with Gasteiger partial charge in [0.15, 0.2) is 0 Å². The largest absolute Gasteiger partial charge is 0.489 e. The summed E-state index contributed by atoms with van der Waals surface area (Å²) >= 11 is 0. The molecule has 1 heterocycles. The fourth-order valence-corrected chi connectivity index (χ4v) is 4.86. The van der Waals surface area contributed by atoms with Crippen LogP contribution in [0.4, 0.5) is 8.78 Å². The van der Waals surface area contributed by atoms with Crippen molar-refractivity contribution < 1.29 is 23.0 Å². The van der Waals surface area contributed by atoms with Crippen molar-refractivity contribution in [3.63, 3.8) is 0 Å². The van der Waals surface area contributed by atoms with Gasteiger partial charge < -0.3 is 14.8 Å². The number of rotatable bonds is 8. The van der Waals surface area contributed by atoms with Crippen LogP contribution in [0.3, 0.4) is 0 Å². The number of halogens is 2. The molecule has 0 spiro atoms. The molecular weight excluding hydrogens is 472 g/mol.